The molecule has 0 spiro atoms. The van der Waals surface area contributed by atoms with Gasteiger partial charge in [0, 0.05) is 6.21 Å². The van der Waals surface area contributed by atoms with Gasteiger partial charge in [0.2, 0.25) is 0 Å². The van der Waals surface area contributed by atoms with Gasteiger partial charge in [-0.2, -0.15) is 0 Å². The molecule has 0 N–H and O–H groups in total. The quantitative estimate of drug-likeness (QED) is 0.477. The lowest BCUT2D eigenvalue weighted by Gasteiger charge is -2.17. The Balaban J connectivity index is 2.21. The highest BCUT2D eigenvalue weighted by Crippen LogP contribution is 2.37. The number of hydrogen-bond acceptors (Lipinski definition) is 3. The van der Waals surface area contributed by atoms with Gasteiger partial charge < -0.3 is 9.47 Å². The zero-order valence-electron chi connectivity index (χ0n) is 16.3. The first-order valence-corrected chi connectivity index (χ1v) is 9.54. The van der Waals surface area contributed by atoms with Gasteiger partial charge in [-0.25, -0.2) is 0 Å². The van der Waals surface area contributed by atoms with E-state index in [1.807, 2.05) is 31.2 Å². The van der Waals surface area contributed by atoms with E-state index >= 15 is 0 Å². The molecule has 0 saturated heterocycles. The maximum absolute atomic E-state index is 6.40. The van der Waals surface area contributed by atoms with Gasteiger partial charge in [-0.15, -0.1) is 0 Å². The zero-order valence-corrected chi connectivity index (χ0v) is 17.0. The molecule has 3 nitrogen and oxygen atoms in total. The van der Waals surface area contributed by atoms with Crippen molar-refractivity contribution in [3.8, 4) is 11.5 Å². The van der Waals surface area contributed by atoms with Crippen LogP contribution in [0.5, 0.6) is 11.5 Å². The third-order valence-electron chi connectivity index (χ3n) is 4.58. The van der Waals surface area contributed by atoms with E-state index in [0.717, 1.165) is 24.1 Å². The van der Waals surface area contributed by atoms with Crippen molar-refractivity contribution in [2.24, 2.45) is 4.99 Å². The van der Waals surface area contributed by atoms with Crippen molar-refractivity contribution < 1.29 is 9.47 Å². The second kappa shape index (κ2) is 9.63. The average Bonchev–Trinajstić information content (AvgIpc) is 2.67. The predicted molar refractivity (Wildman–Crippen MR) is 111 cm³/mol. The summed E-state index contributed by atoms with van der Waals surface area (Å²) in [6.07, 6.45) is 3.89. The van der Waals surface area contributed by atoms with Crippen LogP contribution in [-0.2, 0) is 0 Å². The Kier molecular flexibility index (Phi) is 7.52. The first-order valence-electron chi connectivity index (χ1n) is 9.16. The Labute approximate surface area is 162 Å². The smallest absolute Gasteiger partial charge is 0.180 e. The Bertz CT molecular complexity index is 741. The second-order valence-corrected chi connectivity index (χ2v) is 6.94. The van der Waals surface area contributed by atoms with Gasteiger partial charge in [-0.3, -0.25) is 4.99 Å². The van der Waals surface area contributed by atoms with Crippen LogP contribution in [0.3, 0.4) is 0 Å². The number of aliphatic imine (C=N–C) groups is 1. The lowest BCUT2D eigenvalue weighted by Crippen LogP contribution is -2.11. The fourth-order valence-corrected chi connectivity index (χ4v) is 2.75. The van der Waals surface area contributed by atoms with E-state index in [1.165, 1.54) is 5.56 Å². The van der Waals surface area contributed by atoms with Crippen LogP contribution in [0, 0.1) is 0 Å². The molecule has 26 heavy (non-hydrogen) atoms. The Hall–Kier alpha value is -2.00. The topological polar surface area (TPSA) is 30.8 Å². The highest BCUT2D eigenvalue weighted by molar-refractivity contribution is 6.32. The lowest BCUT2D eigenvalue weighted by molar-refractivity contribution is 0.208. The van der Waals surface area contributed by atoms with Crippen LogP contribution in [-0.4, -0.2) is 19.4 Å². The molecule has 0 amide bonds. The molecule has 2 aromatic rings. The molecule has 0 aliphatic carbocycles. The molecule has 140 valence electrons. The van der Waals surface area contributed by atoms with Crippen LogP contribution in [0.2, 0.25) is 5.02 Å². The third-order valence-corrected chi connectivity index (χ3v) is 4.86. The lowest BCUT2D eigenvalue weighted by atomic mass is 9.99. The number of benzene rings is 2. The monoisotopic (exact) mass is 373 g/mol. The van der Waals surface area contributed by atoms with Crippen LogP contribution in [0.25, 0.3) is 0 Å². The van der Waals surface area contributed by atoms with E-state index in [0.29, 0.717) is 22.4 Å². The van der Waals surface area contributed by atoms with Gasteiger partial charge in [0.1, 0.15) is 0 Å². The van der Waals surface area contributed by atoms with Crippen molar-refractivity contribution >= 4 is 23.5 Å². The number of rotatable bonds is 8. The number of hydrogen-bond donors (Lipinski definition) is 0. The fraction of sp³-hybridized carbons (Fsp3) is 0.409. The minimum absolute atomic E-state index is 0.0740. The molecule has 0 heterocycles. The summed E-state index contributed by atoms with van der Waals surface area (Å²) < 4.78 is 11.3. The van der Waals surface area contributed by atoms with Crippen LogP contribution in [0.4, 0.5) is 5.69 Å². The average molecular weight is 374 g/mol. The van der Waals surface area contributed by atoms with Crippen molar-refractivity contribution in [1.29, 1.82) is 0 Å². The molecule has 0 saturated carbocycles. The van der Waals surface area contributed by atoms with Crippen molar-refractivity contribution in [2.75, 3.05) is 7.11 Å². The van der Waals surface area contributed by atoms with Crippen LogP contribution in [0.15, 0.2) is 41.4 Å². The molecule has 2 atom stereocenters. The van der Waals surface area contributed by atoms with Crippen LogP contribution < -0.4 is 9.47 Å². The summed E-state index contributed by atoms with van der Waals surface area (Å²) in [6, 6.07) is 12.1. The molecule has 4 heteroatoms. The van der Waals surface area contributed by atoms with Crippen LogP contribution >= 0.6 is 11.6 Å². The maximum atomic E-state index is 6.40. The van der Waals surface area contributed by atoms with Crippen molar-refractivity contribution in [2.45, 2.75) is 52.6 Å². The summed E-state index contributed by atoms with van der Waals surface area (Å²) in [4.78, 5) is 4.55. The summed E-state index contributed by atoms with van der Waals surface area (Å²) in [5.41, 5.74) is 3.11. The molecule has 2 aromatic carbocycles. The second-order valence-electron chi connectivity index (χ2n) is 6.53. The Morgan fingerprint density at radius 3 is 2.35 bits per heavy atom. The van der Waals surface area contributed by atoms with Crippen molar-refractivity contribution in [3.63, 3.8) is 0 Å². The van der Waals surface area contributed by atoms with Gasteiger partial charge in [0.25, 0.3) is 0 Å². The normalized spacial score (nSPS) is 13.6. The molecular formula is C22H28ClNO2. The summed E-state index contributed by atoms with van der Waals surface area (Å²) in [5, 5.41) is 0.526. The highest BCUT2D eigenvalue weighted by atomic mass is 35.5. The van der Waals surface area contributed by atoms with Gasteiger partial charge in [-0.1, -0.05) is 44.5 Å². The van der Waals surface area contributed by atoms with Crippen molar-refractivity contribution in [1.82, 2.24) is 0 Å². The van der Waals surface area contributed by atoms with Gasteiger partial charge in [0.05, 0.1) is 23.9 Å². The highest BCUT2D eigenvalue weighted by Gasteiger charge is 2.14. The van der Waals surface area contributed by atoms with E-state index in [1.54, 1.807) is 13.3 Å². The molecule has 0 aliphatic rings. The molecule has 0 radical (unpaired) electrons. The number of ether oxygens (including phenoxy) is 2. The Morgan fingerprint density at radius 1 is 1.08 bits per heavy atom. The van der Waals surface area contributed by atoms with E-state index in [2.05, 4.69) is 37.9 Å². The largest absolute Gasteiger partial charge is 0.493 e. The van der Waals surface area contributed by atoms with Gasteiger partial charge in [-0.05, 0) is 61.1 Å². The third kappa shape index (κ3) is 5.25. The van der Waals surface area contributed by atoms with Crippen molar-refractivity contribution in [3.05, 3.63) is 52.5 Å². The Morgan fingerprint density at radius 2 is 1.77 bits per heavy atom. The summed E-state index contributed by atoms with van der Waals surface area (Å²) in [7, 11) is 1.61. The molecule has 0 bridgehead atoms. The minimum Gasteiger partial charge on any atom is -0.493 e. The summed E-state index contributed by atoms with van der Waals surface area (Å²) in [5.74, 6) is 1.76. The van der Waals surface area contributed by atoms with E-state index in [9.17, 15) is 0 Å². The van der Waals surface area contributed by atoms with E-state index < -0.39 is 0 Å². The molecule has 0 unspecified atom stereocenters. The first-order chi connectivity index (χ1) is 12.5. The van der Waals surface area contributed by atoms with E-state index in [-0.39, 0.29) is 6.10 Å². The van der Waals surface area contributed by atoms with Crippen LogP contribution in [0.1, 0.15) is 57.6 Å². The number of methoxy groups -OCH3 is 1. The molecule has 0 fully saturated rings. The number of nitrogens with zero attached hydrogens (tertiary/aromatic N) is 1. The SMILES string of the molecule is CC[C@@H](C)Oc1c(Cl)cc(C=Nc2ccc([C@@H](C)CC)cc2)cc1OC. The predicted octanol–water partition coefficient (Wildman–Crippen LogP) is 6.79. The molecule has 2 rings (SSSR count). The van der Waals surface area contributed by atoms with E-state index in [4.69, 9.17) is 21.1 Å². The molecular weight excluding hydrogens is 346 g/mol. The fourth-order valence-electron chi connectivity index (χ4n) is 2.49. The first kappa shape index (κ1) is 20.3. The van der Waals surface area contributed by atoms with Gasteiger partial charge in [0.15, 0.2) is 11.5 Å². The summed E-state index contributed by atoms with van der Waals surface area (Å²) in [6.45, 7) is 8.50. The standard InChI is InChI=1S/C22H28ClNO2/c1-6-15(3)18-8-10-19(11-9-18)24-14-17-12-20(23)22(21(13-17)25-5)26-16(4)7-2/h8-16H,6-7H2,1-5H3/t15-,16+/m0/s1. The zero-order chi connectivity index (χ0) is 19.1. The molecule has 0 aromatic heterocycles. The summed E-state index contributed by atoms with van der Waals surface area (Å²) >= 11 is 6.40. The number of halogens is 1. The van der Waals surface area contributed by atoms with Gasteiger partial charge >= 0.3 is 0 Å². The maximum Gasteiger partial charge on any atom is 0.180 e. The molecule has 0 aliphatic heterocycles. The minimum atomic E-state index is 0.0740.